The molecule has 1 aromatic rings. The van der Waals surface area contributed by atoms with Crippen molar-refractivity contribution in [3.63, 3.8) is 0 Å². The second-order valence-electron chi connectivity index (χ2n) is 2.42. The van der Waals surface area contributed by atoms with Gasteiger partial charge in [0.25, 0.3) is 0 Å². The fraction of sp³-hybridized carbons (Fsp3) is 0.250. The third-order valence-corrected chi connectivity index (χ3v) is 1.70. The van der Waals surface area contributed by atoms with Crippen LogP contribution in [0.4, 0.5) is 0 Å². The highest BCUT2D eigenvalue weighted by atomic mass is 16.4. The summed E-state index contributed by atoms with van der Waals surface area (Å²) in [6.45, 7) is 3.94. The zero-order valence-electron chi connectivity index (χ0n) is 6.57. The highest BCUT2D eigenvalue weighted by molar-refractivity contribution is 5.80. The smallest absolute Gasteiger partial charge is 0.0752 e. The Labute approximate surface area is 65.4 Å². The highest BCUT2D eigenvalue weighted by Gasteiger charge is 1.97. The Morgan fingerprint density at radius 1 is 1.45 bits per heavy atom. The van der Waals surface area contributed by atoms with Gasteiger partial charge in [0, 0.05) is 18.0 Å². The van der Waals surface area contributed by atoms with Crippen molar-refractivity contribution in [2.45, 2.75) is 13.8 Å². The Hall–Kier alpha value is -1.38. The minimum absolute atomic E-state index is 0.854. The summed E-state index contributed by atoms with van der Waals surface area (Å²) in [5, 5.41) is 11.2. The van der Waals surface area contributed by atoms with Gasteiger partial charge in [0.2, 0.25) is 0 Å². The van der Waals surface area contributed by atoms with Crippen LogP contribution in [-0.4, -0.2) is 16.4 Å². The standard InChI is InChI=1S/C8H10N2O/c1-6-3-9-4-8(5-10-11)7(6)2/h3-5,11H,1-2H3/b10-5+. The third kappa shape index (κ3) is 1.55. The Balaban J connectivity index is 3.16. The molecule has 0 bridgehead atoms. The lowest BCUT2D eigenvalue weighted by Crippen LogP contribution is -1.91. The molecule has 3 nitrogen and oxygen atoms in total. The van der Waals surface area contributed by atoms with Crippen LogP contribution in [0.2, 0.25) is 0 Å². The molecule has 0 aliphatic carbocycles. The van der Waals surface area contributed by atoms with Gasteiger partial charge in [-0.3, -0.25) is 4.98 Å². The summed E-state index contributed by atoms with van der Waals surface area (Å²) < 4.78 is 0. The van der Waals surface area contributed by atoms with Gasteiger partial charge in [0.05, 0.1) is 6.21 Å². The van der Waals surface area contributed by atoms with Crippen molar-refractivity contribution in [2.75, 3.05) is 0 Å². The first-order valence-electron chi connectivity index (χ1n) is 3.34. The highest BCUT2D eigenvalue weighted by Crippen LogP contribution is 2.07. The Morgan fingerprint density at radius 2 is 2.18 bits per heavy atom. The van der Waals surface area contributed by atoms with Gasteiger partial charge in [0.1, 0.15) is 0 Å². The molecule has 1 rings (SSSR count). The van der Waals surface area contributed by atoms with Crippen molar-refractivity contribution in [2.24, 2.45) is 5.16 Å². The lowest BCUT2D eigenvalue weighted by Gasteiger charge is -2.00. The first kappa shape index (κ1) is 7.72. The average molecular weight is 150 g/mol. The van der Waals surface area contributed by atoms with Crippen molar-refractivity contribution < 1.29 is 5.21 Å². The van der Waals surface area contributed by atoms with Gasteiger partial charge >= 0.3 is 0 Å². The van der Waals surface area contributed by atoms with Crippen LogP contribution in [0, 0.1) is 13.8 Å². The molecule has 3 heteroatoms. The topological polar surface area (TPSA) is 45.5 Å². The van der Waals surface area contributed by atoms with E-state index in [2.05, 4.69) is 10.1 Å². The average Bonchev–Trinajstić information content (AvgIpc) is 1.99. The molecule has 11 heavy (non-hydrogen) atoms. The molecule has 0 fully saturated rings. The van der Waals surface area contributed by atoms with Crippen LogP contribution >= 0.6 is 0 Å². The van der Waals surface area contributed by atoms with Gasteiger partial charge in [-0.2, -0.15) is 0 Å². The van der Waals surface area contributed by atoms with Crippen LogP contribution in [0.3, 0.4) is 0 Å². The van der Waals surface area contributed by atoms with E-state index in [1.54, 1.807) is 12.4 Å². The summed E-state index contributed by atoms with van der Waals surface area (Å²) in [5.41, 5.74) is 3.05. The van der Waals surface area contributed by atoms with Gasteiger partial charge in [-0.05, 0) is 25.0 Å². The van der Waals surface area contributed by atoms with Crippen molar-refractivity contribution in [3.8, 4) is 0 Å². The molecule has 1 N–H and O–H groups in total. The van der Waals surface area contributed by atoms with Crippen molar-refractivity contribution in [1.29, 1.82) is 0 Å². The van der Waals surface area contributed by atoms with E-state index in [1.165, 1.54) is 6.21 Å². The van der Waals surface area contributed by atoms with Crippen LogP contribution < -0.4 is 0 Å². The number of hydrogen-bond acceptors (Lipinski definition) is 3. The first-order chi connectivity index (χ1) is 5.25. The molecule has 0 aromatic carbocycles. The van der Waals surface area contributed by atoms with E-state index in [0.29, 0.717) is 0 Å². The molecule has 58 valence electrons. The monoisotopic (exact) mass is 150 g/mol. The number of aryl methyl sites for hydroxylation is 1. The Kier molecular flexibility index (Phi) is 2.21. The van der Waals surface area contributed by atoms with Crippen LogP contribution in [-0.2, 0) is 0 Å². The zero-order valence-corrected chi connectivity index (χ0v) is 6.57. The van der Waals surface area contributed by atoms with E-state index in [0.717, 1.165) is 16.7 Å². The molecule has 0 aliphatic rings. The minimum atomic E-state index is 0.854. The zero-order chi connectivity index (χ0) is 8.27. The van der Waals surface area contributed by atoms with Gasteiger partial charge in [-0.25, -0.2) is 0 Å². The van der Waals surface area contributed by atoms with E-state index in [4.69, 9.17) is 5.21 Å². The Morgan fingerprint density at radius 3 is 2.82 bits per heavy atom. The molecule has 0 amide bonds. The maximum atomic E-state index is 8.28. The number of pyridine rings is 1. The summed E-state index contributed by atoms with van der Waals surface area (Å²) >= 11 is 0. The lowest BCUT2D eigenvalue weighted by atomic mass is 10.1. The maximum Gasteiger partial charge on any atom is 0.0752 e. The number of nitrogens with zero attached hydrogens (tertiary/aromatic N) is 2. The van der Waals surface area contributed by atoms with Crippen LogP contribution in [0.1, 0.15) is 16.7 Å². The van der Waals surface area contributed by atoms with Gasteiger partial charge in [-0.1, -0.05) is 5.16 Å². The summed E-state index contributed by atoms with van der Waals surface area (Å²) in [6.07, 6.45) is 4.83. The predicted molar refractivity (Wildman–Crippen MR) is 43.1 cm³/mol. The van der Waals surface area contributed by atoms with Gasteiger partial charge < -0.3 is 5.21 Å². The van der Waals surface area contributed by atoms with Gasteiger partial charge in [-0.15, -0.1) is 0 Å². The summed E-state index contributed by atoms with van der Waals surface area (Å²) in [4.78, 5) is 3.96. The van der Waals surface area contributed by atoms with E-state index >= 15 is 0 Å². The largest absolute Gasteiger partial charge is 0.411 e. The summed E-state index contributed by atoms with van der Waals surface area (Å²) in [5.74, 6) is 0. The molecule has 0 spiro atoms. The number of rotatable bonds is 1. The van der Waals surface area contributed by atoms with Crippen LogP contribution in [0.5, 0.6) is 0 Å². The molecule has 0 aliphatic heterocycles. The molecule has 0 unspecified atom stereocenters. The van der Waals surface area contributed by atoms with Gasteiger partial charge in [0.15, 0.2) is 0 Å². The van der Waals surface area contributed by atoms with E-state index in [9.17, 15) is 0 Å². The third-order valence-electron chi connectivity index (χ3n) is 1.70. The second-order valence-corrected chi connectivity index (χ2v) is 2.42. The van der Waals surface area contributed by atoms with Crippen molar-refractivity contribution in [3.05, 3.63) is 29.1 Å². The van der Waals surface area contributed by atoms with Crippen LogP contribution in [0.15, 0.2) is 17.5 Å². The molecule has 0 saturated carbocycles. The molecule has 1 aromatic heterocycles. The molecule has 0 atom stereocenters. The second kappa shape index (κ2) is 3.14. The number of hydrogen-bond donors (Lipinski definition) is 1. The Bertz CT molecular complexity index is 281. The molecular formula is C8H10N2O. The molecule has 0 radical (unpaired) electrons. The quantitative estimate of drug-likeness (QED) is 0.374. The van der Waals surface area contributed by atoms with E-state index < -0.39 is 0 Å². The van der Waals surface area contributed by atoms with Crippen molar-refractivity contribution in [1.82, 2.24) is 4.98 Å². The predicted octanol–water partition coefficient (Wildman–Crippen LogP) is 1.51. The lowest BCUT2D eigenvalue weighted by molar-refractivity contribution is 0.322. The first-order valence-corrected chi connectivity index (χ1v) is 3.34. The molecule has 0 saturated heterocycles. The minimum Gasteiger partial charge on any atom is -0.411 e. The summed E-state index contributed by atoms with van der Waals surface area (Å²) in [6, 6.07) is 0. The van der Waals surface area contributed by atoms with E-state index in [-0.39, 0.29) is 0 Å². The SMILES string of the molecule is Cc1cncc(/C=N/O)c1C. The van der Waals surface area contributed by atoms with Crippen molar-refractivity contribution >= 4 is 6.21 Å². The number of aromatic nitrogens is 1. The summed E-state index contributed by atoms with van der Waals surface area (Å²) in [7, 11) is 0. The van der Waals surface area contributed by atoms with Crippen LogP contribution in [0.25, 0.3) is 0 Å². The fourth-order valence-corrected chi connectivity index (χ4v) is 0.843. The number of oxime groups is 1. The molecule has 1 heterocycles. The van der Waals surface area contributed by atoms with E-state index in [1.807, 2.05) is 13.8 Å². The normalized spacial score (nSPS) is 10.7. The molecular weight excluding hydrogens is 140 g/mol. The maximum absolute atomic E-state index is 8.28. The fourth-order valence-electron chi connectivity index (χ4n) is 0.843.